The summed E-state index contributed by atoms with van der Waals surface area (Å²) in [7, 11) is 1.56. The number of Topliss-reactive ketones (excluding diaryl/α,β-unsaturated/α-hetero) is 1. The van der Waals surface area contributed by atoms with Gasteiger partial charge >= 0.3 is 0 Å². The van der Waals surface area contributed by atoms with Crippen molar-refractivity contribution in [1.29, 1.82) is 0 Å². The van der Waals surface area contributed by atoms with Crippen LogP contribution in [-0.2, 0) is 16.0 Å². The van der Waals surface area contributed by atoms with Gasteiger partial charge in [0.2, 0.25) is 0 Å². The number of carbonyl (C=O) groups excluding carboxylic acids is 2. The van der Waals surface area contributed by atoms with Crippen LogP contribution in [0.3, 0.4) is 0 Å². The van der Waals surface area contributed by atoms with E-state index in [4.69, 9.17) is 9.47 Å². The summed E-state index contributed by atoms with van der Waals surface area (Å²) in [5.74, 6) is 1.08. The number of rotatable bonds is 8. The number of hydrogen-bond donors (Lipinski definition) is 1. The van der Waals surface area contributed by atoms with Gasteiger partial charge in [0.1, 0.15) is 5.78 Å². The Hall–Kier alpha value is -2.04. The summed E-state index contributed by atoms with van der Waals surface area (Å²) in [6.45, 7) is 3.91. The van der Waals surface area contributed by atoms with E-state index in [0.717, 1.165) is 5.56 Å². The van der Waals surface area contributed by atoms with E-state index in [0.29, 0.717) is 30.9 Å². The largest absolute Gasteiger partial charge is 0.490 e. The molecule has 0 aliphatic carbocycles. The zero-order valence-corrected chi connectivity index (χ0v) is 12.2. The average Bonchev–Trinajstić information content (AvgIpc) is 2.44. The molecule has 5 nitrogen and oxygen atoms in total. The zero-order valence-electron chi connectivity index (χ0n) is 12.2. The Labute approximate surface area is 119 Å². The van der Waals surface area contributed by atoms with Crippen LogP contribution in [0, 0.1) is 0 Å². The van der Waals surface area contributed by atoms with Gasteiger partial charge in [0, 0.05) is 13.5 Å². The predicted octanol–water partition coefficient (Wildman–Crippen LogP) is 1.73. The maximum atomic E-state index is 11.2. The van der Waals surface area contributed by atoms with Gasteiger partial charge in [-0.15, -0.1) is 0 Å². The molecule has 1 rings (SSSR count). The van der Waals surface area contributed by atoms with E-state index in [1.165, 1.54) is 0 Å². The molecule has 0 saturated carbocycles. The first-order chi connectivity index (χ1) is 9.56. The second kappa shape index (κ2) is 8.19. The first-order valence-corrected chi connectivity index (χ1v) is 6.65. The first-order valence-electron chi connectivity index (χ1n) is 6.65. The quantitative estimate of drug-likeness (QED) is 0.787. The third kappa shape index (κ3) is 5.30. The SMILES string of the molecule is CCOc1cc(CCC(C)=O)ccc1OCC(=O)NC. The standard InChI is InChI=1S/C15H21NO4/c1-4-19-14-9-12(6-5-11(2)17)7-8-13(14)20-10-15(18)16-3/h7-9H,4-6,10H2,1-3H3,(H,16,18). The Morgan fingerprint density at radius 2 is 1.95 bits per heavy atom. The second-order valence-corrected chi connectivity index (χ2v) is 4.38. The number of carbonyl (C=O) groups is 2. The van der Waals surface area contributed by atoms with Crippen LogP contribution in [0.2, 0.25) is 0 Å². The Balaban J connectivity index is 2.78. The Morgan fingerprint density at radius 1 is 1.20 bits per heavy atom. The molecule has 1 N–H and O–H groups in total. The van der Waals surface area contributed by atoms with Crippen LogP contribution in [0.25, 0.3) is 0 Å². The van der Waals surface area contributed by atoms with Crippen LogP contribution in [0.5, 0.6) is 11.5 Å². The van der Waals surface area contributed by atoms with Crippen LogP contribution >= 0.6 is 0 Å². The molecular formula is C15H21NO4. The number of amides is 1. The summed E-state index contributed by atoms with van der Waals surface area (Å²) in [4.78, 5) is 22.2. The monoisotopic (exact) mass is 279 g/mol. The number of hydrogen-bond acceptors (Lipinski definition) is 4. The van der Waals surface area contributed by atoms with Crippen LogP contribution < -0.4 is 14.8 Å². The molecule has 0 heterocycles. The lowest BCUT2D eigenvalue weighted by Crippen LogP contribution is -2.25. The minimum atomic E-state index is -0.201. The van der Waals surface area contributed by atoms with Gasteiger partial charge in [-0.1, -0.05) is 6.07 Å². The third-order valence-electron chi connectivity index (χ3n) is 2.71. The van der Waals surface area contributed by atoms with Crippen LogP contribution in [0.15, 0.2) is 18.2 Å². The van der Waals surface area contributed by atoms with Gasteiger partial charge < -0.3 is 19.6 Å². The minimum Gasteiger partial charge on any atom is -0.490 e. The van der Waals surface area contributed by atoms with Crippen molar-refractivity contribution < 1.29 is 19.1 Å². The number of nitrogens with one attached hydrogen (secondary N) is 1. The predicted molar refractivity (Wildman–Crippen MR) is 76.2 cm³/mol. The average molecular weight is 279 g/mol. The highest BCUT2D eigenvalue weighted by Crippen LogP contribution is 2.29. The lowest BCUT2D eigenvalue weighted by atomic mass is 10.1. The van der Waals surface area contributed by atoms with Gasteiger partial charge in [-0.3, -0.25) is 4.79 Å². The van der Waals surface area contributed by atoms with Crippen molar-refractivity contribution >= 4 is 11.7 Å². The van der Waals surface area contributed by atoms with Crippen molar-refractivity contribution in [2.24, 2.45) is 0 Å². The summed E-state index contributed by atoms with van der Waals surface area (Å²) in [6, 6.07) is 5.50. The lowest BCUT2D eigenvalue weighted by Gasteiger charge is -2.13. The van der Waals surface area contributed by atoms with Gasteiger partial charge in [-0.25, -0.2) is 0 Å². The minimum absolute atomic E-state index is 0.0522. The lowest BCUT2D eigenvalue weighted by molar-refractivity contribution is -0.122. The molecule has 0 saturated heterocycles. The molecule has 1 aromatic carbocycles. The van der Waals surface area contributed by atoms with Crippen molar-refractivity contribution in [2.75, 3.05) is 20.3 Å². The fraction of sp³-hybridized carbons (Fsp3) is 0.467. The molecular weight excluding hydrogens is 258 g/mol. The van der Waals surface area contributed by atoms with Gasteiger partial charge in [-0.05, 0) is 38.0 Å². The molecule has 20 heavy (non-hydrogen) atoms. The molecule has 0 bridgehead atoms. The molecule has 0 aromatic heterocycles. The molecule has 0 atom stereocenters. The van der Waals surface area contributed by atoms with Crippen molar-refractivity contribution in [3.8, 4) is 11.5 Å². The van der Waals surface area contributed by atoms with Crippen molar-refractivity contribution in [3.05, 3.63) is 23.8 Å². The molecule has 0 fully saturated rings. The number of aryl methyl sites for hydroxylation is 1. The highest BCUT2D eigenvalue weighted by atomic mass is 16.5. The highest BCUT2D eigenvalue weighted by Gasteiger charge is 2.09. The summed E-state index contributed by atoms with van der Waals surface area (Å²) < 4.78 is 10.9. The van der Waals surface area contributed by atoms with E-state index < -0.39 is 0 Å². The molecule has 5 heteroatoms. The Morgan fingerprint density at radius 3 is 2.55 bits per heavy atom. The molecule has 0 unspecified atom stereocenters. The van der Waals surface area contributed by atoms with E-state index in [-0.39, 0.29) is 18.3 Å². The van der Waals surface area contributed by atoms with E-state index in [2.05, 4.69) is 5.32 Å². The van der Waals surface area contributed by atoms with E-state index in [1.54, 1.807) is 20.0 Å². The van der Waals surface area contributed by atoms with Gasteiger partial charge in [0.05, 0.1) is 6.61 Å². The molecule has 0 aliphatic heterocycles. The van der Waals surface area contributed by atoms with Crippen LogP contribution in [0.4, 0.5) is 0 Å². The van der Waals surface area contributed by atoms with Crippen molar-refractivity contribution in [3.63, 3.8) is 0 Å². The number of benzene rings is 1. The molecule has 0 radical (unpaired) electrons. The fourth-order valence-electron chi connectivity index (χ4n) is 1.63. The number of ether oxygens (including phenoxy) is 2. The summed E-state index contributed by atoms with van der Waals surface area (Å²) in [5.41, 5.74) is 1.01. The van der Waals surface area contributed by atoms with Crippen molar-refractivity contribution in [2.45, 2.75) is 26.7 Å². The zero-order chi connectivity index (χ0) is 15.0. The molecule has 1 aromatic rings. The molecule has 0 spiro atoms. The summed E-state index contributed by atoms with van der Waals surface area (Å²) >= 11 is 0. The Kier molecular flexibility index (Phi) is 6.56. The first kappa shape index (κ1) is 16.0. The smallest absolute Gasteiger partial charge is 0.257 e. The van der Waals surface area contributed by atoms with E-state index in [9.17, 15) is 9.59 Å². The fourth-order valence-corrected chi connectivity index (χ4v) is 1.63. The topological polar surface area (TPSA) is 64.6 Å². The molecule has 0 aliphatic rings. The number of likely N-dealkylation sites (N-methyl/N-ethyl adjacent to an activating group) is 1. The molecule has 110 valence electrons. The van der Waals surface area contributed by atoms with Crippen LogP contribution in [0.1, 0.15) is 25.8 Å². The normalized spacial score (nSPS) is 9.95. The van der Waals surface area contributed by atoms with Crippen molar-refractivity contribution in [1.82, 2.24) is 5.32 Å². The van der Waals surface area contributed by atoms with E-state index in [1.807, 2.05) is 19.1 Å². The summed E-state index contributed by atoms with van der Waals surface area (Å²) in [6.07, 6.45) is 1.18. The highest BCUT2D eigenvalue weighted by molar-refractivity contribution is 5.77. The van der Waals surface area contributed by atoms with Gasteiger partial charge in [0.25, 0.3) is 5.91 Å². The second-order valence-electron chi connectivity index (χ2n) is 4.38. The third-order valence-corrected chi connectivity index (χ3v) is 2.71. The Bertz CT molecular complexity index is 471. The van der Waals surface area contributed by atoms with Gasteiger partial charge in [0.15, 0.2) is 18.1 Å². The van der Waals surface area contributed by atoms with Gasteiger partial charge in [-0.2, -0.15) is 0 Å². The molecule has 1 amide bonds. The van der Waals surface area contributed by atoms with Crippen LogP contribution in [-0.4, -0.2) is 32.0 Å². The number of ketones is 1. The maximum Gasteiger partial charge on any atom is 0.257 e. The maximum absolute atomic E-state index is 11.2. The summed E-state index contributed by atoms with van der Waals surface area (Å²) in [5, 5.41) is 2.49. The van der Waals surface area contributed by atoms with E-state index >= 15 is 0 Å².